The van der Waals surface area contributed by atoms with Crippen molar-refractivity contribution in [1.29, 1.82) is 0 Å². The van der Waals surface area contributed by atoms with Crippen LogP contribution in [0.1, 0.15) is 32.1 Å². The lowest BCUT2D eigenvalue weighted by atomic mass is 10.1. The highest BCUT2D eigenvalue weighted by Gasteiger charge is 2.14. The summed E-state index contributed by atoms with van der Waals surface area (Å²) in [5.41, 5.74) is 5.15. The Labute approximate surface area is 109 Å². The lowest BCUT2D eigenvalue weighted by Gasteiger charge is -2.24. The molecule has 0 radical (unpaired) electrons. The molecule has 0 saturated carbocycles. The van der Waals surface area contributed by atoms with Crippen molar-refractivity contribution < 1.29 is 9.59 Å². The molecule has 100 valence electrons. The monoisotopic (exact) mass is 263 g/mol. The SMILES string of the molecule is Cl.NCC(=O)NCC(=O)N1CCCCCCC1. The molecule has 1 saturated heterocycles. The Morgan fingerprint density at radius 2 is 1.59 bits per heavy atom. The molecule has 1 aliphatic heterocycles. The number of nitrogens with zero attached hydrogens (tertiary/aromatic N) is 1. The molecule has 0 aromatic carbocycles. The Balaban J connectivity index is 0.00000256. The zero-order valence-corrected chi connectivity index (χ0v) is 10.9. The van der Waals surface area contributed by atoms with Crippen LogP contribution in [0.2, 0.25) is 0 Å². The first-order valence-corrected chi connectivity index (χ1v) is 5.98. The van der Waals surface area contributed by atoms with Crippen LogP contribution in [0.5, 0.6) is 0 Å². The summed E-state index contributed by atoms with van der Waals surface area (Å²) < 4.78 is 0. The Hall–Kier alpha value is -0.810. The number of carbonyl (C=O) groups is 2. The summed E-state index contributed by atoms with van der Waals surface area (Å²) in [4.78, 5) is 24.5. The van der Waals surface area contributed by atoms with Crippen LogP contribution in [-0.4, -0.2) is 42.9 Å². The van der Waals surface area contributed by atoms with Crippen LogP contribution >= 0.6 is 12.4 Å². The molecule has 1 fully saturated rings. The first-order valence-electron chi connectivity index (χ1n) is 5.98. The molecule has 17 heavy (non-hydrogen) atoms. The number of halogens is 1. The van der Waals surface area contributed by atoms with Crippen LogP contribution in [-0.2, 0) is 9.59 Å². The number of hydrogen-bond acceptors (Lipinski definition) is 3. The summed E-state index contributed by atoms with van der Waals surface area (Å²) in [7, 11) is 0. The van der Waals surface area contributed by atoms with Gasteiger partial charge < -0.3 is 16.0 Å². The number of rotatable bonds is 3. The third-order valence-electron chi connectivity index (χ3n) is 2.83. The van der Waals surface area contributed by atoms with Gasteiger partial charge in [-0.2, -0.15) is 0 Å². The summed E-state index contributed by atoms with van der Waals surface area (Å²) in [5.74, 6) is -0.274. The fourth-order valence-electron chi connectivity index (χ4n) is 1.86. The smallest absolute Gasteiger partial charge is 0.241 e. The molecule has 2 amide bonds. The van der Waals surface area contributed by atoms with Crippen LogP contribution in [0, 0.1) is 0 Å². The number of carbonyl (C=O) groups excluding carboxylic acids is 2. The highest BCUT2D eigenvalue weighted by atomic mass is 35.5. The molecule has 6 heteroatoms. The second kappa shape index (κ2) is 9.24. The highest BCUT2D eigenvalue weighted by molar-refractivity contribution is 5.85. The molecule has 1 heterocycles. The van der Waals surface area contributed by atoms with Crippen LogP contribution in [0.3, 0.4) is 0 Å². The van der Waals surface area contributed by atoms with E-state index in [0.29, 0.717) is 0 Å². The first-order chi connectivity index (χ1) is 7.74. The van der Waals surface area contributed by atoms with Crippen molar-refractivity contribution in [3.63, 3.8) is 0 Å². The largest absolute Gasteiger partial charge is 0.346 e. The van der Waals surface area contributed by atoms with Gasteiger partial charge in [0.2, 0.25) is 11.8 Å². The highest BCUT2D eigenvalue weighted by Crippen LogP contribution is 2.10. The first kappa shape index (κ1) is 16.2. The van der Waals surface area contributed by atoms with Gasteiger partial charge in [0.25, 0.3) is 0 Å². The average Bonchev–Trinajstić information content (AvgIpc) is 2.25. The minimum absolute atomic E-state index is 0. The summed E-state index contributed by atoms with van der Waals surface area (Å²) in [6.07, 6.45) is 5.79. The lowest BCUT2D eigenvalue weighted by molar-refractivity contribution is -0.132. The summed E-state index contributed by atoms with van der Waals surface area (Å²) in [6, 6.07) is 0. The Kier molecular flexibility index (Phi) is 8.80. The molecular weight excluding hydrogens is 242 g/mol. The van der Waals surface area contributed by atoms with E-state index in [4.69, 9.17) is 5.73 Å². The van der Waals surface area contributed by atoms with E-state index in [1.807, 2.05) is 4.90 Å². The van der Waals surface area contributed by atoms with E-state index in [1.165, 1.54) is 19.3 Å². The van der Waals surface area contributed by atoms with E-state index < -0.39 is 0 Å². The van der Waals surface area contributed by atoms with Gasteiger partial charge in [-0.1, -0.05) is 19.3 Å². The number of hydrogen-bond donors (Lipinski definition) is 2. The molecule has 0 aromatic rings. The third-order valence-corrected chi connectivity index (χ3v) is 2.83. The van der Waals surface area contributed by atoms with Crippen molar-refractivity contribution in [1.82, 2.24) is 10.2 Å². The van der Waals surface area contributed by atoms with Crippen LogP contribution in [0.15, 0.2) is 0 Å². The fraction of sp³-hybridized carbons (Fsp3) is 0.818. The Morgan fingerprint density at radius 1 is 1.06 bits per heavy atom. The summed E-state index contributed by atoms with van der Waals surface area (Å²) >= 11 is 0. The van der Waals surface area contributed by atoms with Crippen molar-refractivity contribution in [3.8, 4) is 0 Å². The van der Waals surface area contributed by atoms with E-state index in [2.05, 4.69) is 5.32 Å². The molecule has 5 nitrogen and oxygen atoms in total. The zero-order chi connectivity index (χ0) is 11.8. The van der Waals surface area contributed by atoms with Gasteiger partial charge in [-0.15, -0.1) is 12.4 Å². The Morgan fingerprint density at radius 3 is 2.12 bits per heavy atom. The van der Waals surface area contributed by atoms with Crippen LogP contribution in [0.25, 0.3) is 0 Å². The lowest BCUT2D eigenvalue weighted by Crippen LogP contribution is -2.43. The maximum Gasteiger partial charge on any atom is 0.241 e. The average molecular weight is 264 g/mol. The molecule has 3 N–H and O–H groups in total. The van der Waals surface area contributed by atoms with Gasteiger partial charge in [-0.05, 0) is 12.8 Å². The molecule has 0 atom stereocenters. The van der Waals surface area contributed by atoms with E-state index in [0.717, 1.165) is 25.9 Å². The van der Waals surface area contributed by atoms with Crippen molar-refractivity contribution in [2.24, 2.45) is 5.73 Å². The normalized spacial score (nSPS) is 16.4. The minimum atomic E-state index is -0.277. The molecule has 0 spiro atoms. The topological polar surface area (TPSA) is 75.4 Å². The van der Waals surface area contributed by atoms with E-state index in [9.17, 15) is 9.59 Å². The van der Waals surface area contributed by atoms with E-state index in [-0.39, 0.29) is 37.3 Å². The van der Waals surface area contributed by atoms with Crippen LogP contribution < -0.4 is 11.1 Å². The summed E-state index contributed by atoms with van der Waals surface area (Å²) in [6.45, 7) is 1.65. The van der Waals surface area contributed by atoms with Gasteiger partial charge in [-0.25, -0.2) is 0 Å². The number of likely N-dealkylation sites (tertiary alicyclic amines) is 1. The van der Waals surface area contributed by atoms with Gasteiger partial charge >= 0.3 is 0 Å². The zero-order valence-electron chi connectivity index (χ0n) is 10.1. The number of nitrogens with one attached hydrogen (secondary N) is 1. The quantitative estimate of drug-likeness (QED) is 0.768. The van der Waals surface area contributed by atoms with Crippen molar-refractivity contribution in [3.05, 3.63) is 0 Å². The molecule has 0 aromatic heterocycles. The van der Waals surface area contributed by atoms with Crippen molar-refractivity contribution in [2.75, 3.05) is 26.2 Å². The molecule has 1 rings (SSSR count). The molecule has 1 aliphatic rings. The fourth-order valence-corrected chi connectivity index (χ4v) is 1.86. The maximum atomic E-state index is 11.8. The van der Waals surface area contributed by atoms with Gasteiger partial charge in [0.1, 0.15) is 0 Å². The van der Waals surface area contributed by atoms with Gasteiger partial charge in [0.05, 0.1) is 13.1 Å². The minimum Gasteiger partial charge on any atom is -0.346 e. The Bertz CT molecular complexity index is 241. The molecule has 0 aliphatic carbocycles. The van der Waals surface area contributed by atoms with Crippen molar-refractivity contribution in [2.45, 2.75) is 32.1 Å². The second-order valence-corrected chi connectivity index (χ2v) is 4.13. The van der Waals surface area contributed by atoms with E-state index in [1.54, 1.807) is 0 Å². The summed E-state index contributed by atoms with van der Waals surface area (Å²) in [5, 5.41) is 2.51. The van der Waals surface area contributed by atoms with Crippen LogP contribution in [0.4, 0.5) is 0 Å². The van der Waals surface area contributed by atoms with Gasteiger partial charge in [0.15, 0.2) is 0 Å². The second-order valence-electron chi connectivity index (χ2n) is 4.13. The van der Waals surface area contributed by atoms with Gasteiger partial charge in [-0.3, -0.25) is 9.59 Å². The molecule has 0 unspecified atom stereocenters. The van der Waals surface area contributed by atoms with Crippen molar-refractivity contribution >= 4 is 24.2 Å². The maximum absolute atomic E-state index is 11.8. The van der Waals surface area contributed by atoms with E-state index >= 15 is 0 Å². The standard InChI is InChI=1S/C11H21N3O2.ClH/c12-8-10(15)13-9-11(16)14-6-4-2-1-3-5-7-14;/h1-9,12H2,(H,13,15);1H. The predicted molar refractivity (Wildman–Crippen MR) is 69.0 cm³/mol. The van der Waals surface area contributed by atoms with Gasteiger partial charge in [0, 0.05) is 13.1 Å². The number of nitrogens with two attached hydrogens (primary N) is 1. The molecular formula is C11H22ClN3O2. The number of amides is 2. The predicted octanol–water partition coefficient (Wildman–Crippen LogP) is 0.276. The third kappa shape index (κ3) is 6.48. The molecule has 0 bridgehead atoms.